The summed E-state index contributed by atoms with van der Waals surface area (Å²) in [6, 6.07) is 6.51. The van der Waals surface area contributed by atoms with Crippen molar-refractivity contribution in [1.29, 1.82) is 0 Å². The molecule has 0 fully saturated rings. The number of hydrogen-bond acceptors (Lipinski definition) is 2. The Kier molecular flexibility index (Phi) is 4.51. The number of rotatable bonds is 3. The number of hydrogen-bond donors (Lipinski definition) is 3. The average molecular weight is 235 g/mol. The summed E-state index contributed by atoms with van der Waals surface area (Å²) in [5.41, 5.74) is 1.21. The van der Waals surface area contributed by atoms with Crippen molar-refractivity contribution < 1.29 is 9.59 Å². The Hall–Kier alpha value is -2.04. The molecule has 0 saturated heterocycles. The fraction of sp³-hybridized carbons (Fsp3) is 0.333. The molecule has 0 aliphatic carbocycles. The van der Waals surface area contributed by atoms with Crippen LogP contribution in [-0.2, 0) is 0 Å². The first kappa shape index (κ1) is 13.0. The van der Waals surface area contributed by atoms with Crippen molar-refractivity contribution in [3.8, 4) is 0 Å². The molecule has 0 saturated carbocycles. The lowest BCUT2D eigenvalue weighted by molar-refractivity contribution is 0.0963. The Labute approximate surface area is 101 Å². The summed E-state index contributed by atoms with van der Waals surface area (Å²) in [5, 5.41) is 7.92. The van der Waals surface area contributed by atoms with Gasteiger partial charge in [-0.1, -0.05) is 0 Å². The predicted molar refractivity (Wildman–Crippen MR) is 67.1 cm³/mol. The SMILES string of the molecule is CNC(=O)c1ccc(NC(=O)NC(C)C)cc1. The van der Waals surface area contributed by atoms with Gasteiger partial charge in [-0.25, -0.2) is 4.79 Å². The minimum absolute atomic E-state index is 0.0835. The molecule has 5 nitrogen and oxygen atoms in total. The molecule has 0 aromatic heterocycles. The van der Waals surface area contributed by atoms with E-state index < -0.39 is 0 Å². The van der Waals surface area contributed by atoms with Crippen LogP contribution < -0.4 is 16.0 Å². The summed E-state index contributed by atoms with van der Waals surface area (Å²) in [4.78, 5) is 22.7. The second-order valence-electron chi connectivity index (χ2n) is 3.91. The van der Waals surface area contributed by atoms with Crippen molar-refractivity contribution >= 4 is 17.6 Å². The van der Waals surface area contributed by atoms with Crippen LogP contribution in [0.2, 0.25) is 0 Å². The van der Waals surface area contributed by atoms with Gasteiger partial charge in [0, 0.05) is 24.3 Å². The van der Waals surface area contributed by atoms with E-state index in [0.717, 1.165) is 0 Å². The van der Waals surface area contributed by atoms with E-state index in [2.05, 4.69) is 16.0 Å². The topological polar surface area (TPSA) is 70.2 Å². The Morgan fingerprint density at radius 3 is 2.18 bits per heavy atom. The van der Waals surface area contributed by atoms with Gasteiger partial charge in [0.15, 0.2) is 0 Å². The molecule has 1 rings (SSSR count). The highest BCUT2D eigenvalue weighted by atomic mass is 16.2. The van der Waals surface area contributed by atoms with Crippen LogP contribution in [0.25, 0.3) is 0 Å². The van der Waals surface area contributed by atoms with Crippen LogP contribution in [0.5, 0.6) is 0 Å². The van der Waals surface area contributed by atoms with Gasteiger partial charge in [-0.15, -0.1) is 0 Å². The standard InChI is InChI=1S/C12H17N3O2/c1-8(2)14-12(17)15-10-6-4-9(5-7-10)11(16)13-3/h4-8H,1-3H3,(H,13,16)(H2,14,15,17). The van der Waals surface area contributed by atoms with Gasteiger partial charge in [0.25, 0.3) is 5.91 Å². The fourth-order valence-electron chi connectivity index (χ4n) is 1.28. The molecule has 0 bridgehead atoms. The molecule has 0 aliphatic rings. The molecular weight excluding hydrogens is 218 g/mol. The minimum Gasteiger partial charge on any atom is -0.355 e. The molecule has 0 heterocycles. The molecule has 0 spiro atoms. The maximum absolute atomic E-state index is 11.4. The summed E-state index contributed by atoms with van der Waals surface area (Å²) in [6.07, 6.45) is 0. The van der Waals surface area contributed by atoms with Crippen molar-refractivity contribution in [1.82, 2.24) is 10.6 Å². The smallest absolute Gasteiger partial charge is 0.319 e. The summed E-state index contributed by atoms with van der Waals surface area (Å²) in [7, 11) is 1.57. The zero-order chi connectivity index (χ0) is 12.8. The predicted octanol–water partition coefficient (Wildman–Crippen LogP) is 1.58. The highest BCUT2D eigenvalue weighted by molar-refractivity contribution is 5.95. The molecule has 3 N–H and O–H groups in total. The van der Waals surface area contributed by atoms with Gasteiger partial charge in [0.2, 0.25) is 0 Å². The van der Waals surface area contributed by atoms with Crippen molar-refractivity contribution in [3.63, 3.8) is 0 Å². The van der Waals surface area contributed by atoms with Crippen molar-refractivity contribution in [2.24, 2.45) is 0 Å². The van der Waals surface area contributed by atoms with Crippen LogP contribution in [0.3, 0.4) is 0 Å². The summed E-state index contributed by atoms with van der Waals surface area (Å²) in [6.45, 7) is 3.77. The van der Waals surface area contributed by atoms with Crippen LogP contribution in [-0.4, -0.2) is 25.0 Å². The molecule has 0 radical (unpaired) electrons. The van der Waals surface area contributed by atoms with Gasteiger partial charge in [-0.2, -0.15) is 0 Å². The highest BCUT2D eigenvalue weighted by Crippen LogP contribution is 2.09. The van der Waals surface area contributed by atoms with E-state index in [-0.39, 0.29) is 18.0 Å². The average Bonchev–Trinajstić information content (AvgIpc) is 2.28. The van der Waals surface area contributed by atoms with E-state index >= 15 is 0 Å². The monoisotopic (exact) mass is 235 g/mol. The van der Waals surface area contributed by atoms with E-state index in [0.29, 0.717) is 11.3 Å². The van der Waals surface area contributed by atoms with Gasteiger partial charge in [-0.3, -0.25) is 4.79 Å². The minimum atomic E-state index is -0.257. The van der Waals surface area contributed by atoms with E-state index in [1.54, 1.807) is 31.3 Å². The first-order chi connectivity index (χ1) is 8.02. The number of carbonyl (C=O) groups is 2. The Balaban J connectivity index is 2.62. The molecule has 0 unspecified atom stereocenters. The van der Waals surface area contributed by atoms with E-state index in [9.17, 15) is 9.59 Å². The zero-order valence-electron chi connectivity index (χ0n) is 10.2. The number of amides is 3. The Bertz CT molecular complexity index is 399. The Morgan fingerprint density at radius 2 is 1.71 bits per heavy atom. The van der Waals surface area contributed by atoms with Crippen LogP contribution in [0, 0.1) is 0 Å². The van der Waals surface area contributed by atoms with Crippen LogP contribution in [0.1, 0.15) is 24.2 Å². The lowest BCUT2D eigenvalue weighted by Crippen LogP contribution is -2.34. The molecular formula is C12H17N3O2. The van der Waals surface area contributed by atoms with Gasteiger partial charge >= 0.3 is 6.03 Å². The van der Waals surface area contributed by atoms with Gasteiger partial charge in [0.05, 0.1) is 0 Å². The van der Waals surface area contributed by atoms with Crippen molar-refractivity contribution in [3.05, 3.63) is 29.8 Å². The molecule has 1 aromatic rings. The van der Waals surface area contributed by atoms with Gasteiger partial charge in [-0.05, 0) is 38.1 Å². The molecule has 0 atom stereocenters. The summed E-state index contributed by atoms with van der Waals surface area (Å²) >= 11 is 0. The third kappa shape index (κ3) is 4.14. The molecule has 3 amide bonds. The normalized spacial score (nSPS) is 9.88. The molecule has 17 heavy (non-hydrogen) atoms. The summed E-state index contributed by atoms with van der Waals surface area (Å²) in [5.74, 6) is -0.150. The van der Waals surface area contributed by atoms with Gasteiger partial charge in [0.1, 0.15) is 0 Å². The zero-order valence-corrected chi connectivity index (χ0v) is 10.2. The largest absolute Gasteiger partial charge is 0.355 e. The molecule has 92 valence electrons. The van der Waals surface area contributed by atoms with E-state index in [1.807, 2.05) is 13.8 Å². The third-order valence-electron chi connectivity index (χ3n) is 2.05. The fourth-order valence-corrected chi connectivity index (χ4v) is 1.28. The summed E-state index contributed by atoms with van der Waals surface area (Å²) < 4.78 is 0. The number of benzene rings is 1. The second-order valence-corrected chi connectivity index (χ2v) is 3.91. The van der Waals surface area contributed by atoms with Crippen LogP contribution in [0.15, 0.2) is 24.3 Å². The quantitative estimate of drug-likeness (QED) is 0.744. The lowest BCUT2D eigenvalue weighted by Gasteiger charge is -2.10. The number of nitrogens with one attached hydrogen (secondary N) is 3. The van der Waals surface area contributed by atoms with Crippen molar-refractivity contribution in [2.45, 2.75) is 19.9 Å². The van der Waals surface area contributed by atoms with Crippen LogP contribution in [0.4, 0.5) is 10.5 Å². The first-order valence-corrected chi connectivity index (χ1v) is 5.42. The molecule has 5 heteroatoms. The van der Waals surface area contributed by atoms with E-state index in [4.69, 9.17) is 0 Å². The number of anilines is 1. The number of carbonyl (C=O) groups excluding carboxylic acids is 2. The number of urea groups is 1. The second kappa shape index (κ2) is 5.89. The highest BCUT2D eigenvalue weighted by Gasteiger charge is 2.05. The van der Waals surface area contributed by atoms with Crippen LogP contribution >= 0.6 is 0 Å². The maximum Gasteiger partial charge on any atom is 0.319 e. The van der Waals surface area contributed by atoms with Gasteiger partial charge < -0.3 is 16.0 Å². The van der Waals surface area contributed by atoms with Crippen molar-refractivity contribution in [2.75, 3.05) is 12.4 Å². The first-order valence-electron chi connectivity index (χ1n) is 5.42. The third-order valence-corrected chi connectivity index (χ3v) is 2.05. The lowest BCUT2D eigenvalue weighted by atomic mass is 10.2. The molecule has 1 aromatic carbocycles. The Morgan fingerprint density at radius 1 is 1.12 bits per heavy atom. The molecule has 0 aliphatic heterocycles. The maximum atomic E-state index is 11.4. The van der Waals surface area contributed by atoms with E-state index in [1.165, 1.54) is 0 Å².